The summed E-state index contributed by atoms with van der Waals surface area (Å²) >= 11 is 1.79. The lowest BCUT2D eigenvalue weighted by Crippen LogP contribution is -2.24. The summed E-state index contributed by atoms with van der Waals surface area (Å²) in [5, 5.41) is 8.73. The fourth-order valence-corrected chi connectivity index (χ4v) is 3.92. The highest BCUT2D eigenvalue weighted by Crippen LogP contribution is 2.32. The SMILES string of the molecule is C/C=C/n1sc(CCN2CCc3ccc(OCC(=O)O)cc32)c1C. The summed E-state index contributed by atoms with van der Waals surface area (Å²) in [5.41, 5.74) is 3.81. The van der Waals surface area contributed by atoms with Gasteiger partial charge in [0.2, 0.25) is 0 Å². The van der Waals surface area contributed by atoms with E-state index in [4.69, 9.17) is 9.84 Å². The molecule has 0 radical (unpaired) electrons. The molecule has 2 aromatic rings. The van der Waals surface area contributed by atoms with Crippen LogP contribution in [0.3, 0.4) is 0 Å². The minimum absolute atomic E-state index is 0.303. The Morgan fingerprint density at radius 2 is 2.29 bits per heavy atom. The van der Waals surface area contributed by atoms with Crippen molar-refractivity contribution in [3.05, 3.63) is 40.4 Å². The van der Waals surface area contributed by atoms with Crippen LogP contribution in [0, 0.1) is 6.92 Å². The Balaban J connectivity index is 1.64. The second kappa shape index (κ2) is 7.13. The molecular formula is C18H22N2O3S. The third kappa shape index (κ3) is 3.48. The van der Waals surface area contributed by atoms with E-state index in [1.54, 1.807) is 11.5 Å². The summed E-state index contributed by atoms with van der Waals surface area (Å²) in [5.74, 6) is -0.335. The Morgan fingerprint density at radius 3 is 3.00 bits per heavy atom. The van der Waals surface area contributed by atoms with E-state index >= 15 is 0 Å². The zero-order chi connectivity index (χ0) is 17.1. The van der Waals surface area contributed by atoms with Gasteiger partial charge in [-0.25, -0.2) is 4.79 Å². The quantitative estimate of drug-likeness (QED) is 0.835. The number of aliphatic carboxylic acids is 1. The molecule has 1 aromatic heterocycles. The van der Waals surface area contributed by atoms with Gasteiger partial charge >= 0.3 is 5.97 Å². The van der Waals surface area contributed by atoms with E-state index in [-0.39, 0.29) is 6.61 Å². The number of nitrogens with zero attached hydrogens (tertiary/aromatic N) is 2. The van der Waals surface area contributed by atoms with Crippen molar-refractivity contribution in [2.75, 3.05) is 24.6 Å². The first-order chi connectivity index (χ1) is 11.6. The van der Waals surface area contributed by atoms with Crippen LogP contribution in [0.4, 0.5) is 5.69 Å². The topological polar surface area (TPSA) is 54.7 Å². The standard InChI is InChI=1S/C18H22N2O3S/c1-3-8-20-13(2)17(24-20)7-10-19-9-6-14-4-5-15(11-16(14)19)23-12-18(21)22/h3-5,8,11H,6-7,9-10,12H2,1-2H3,(H,21,22)/b8-3+. The summed E-state index contributed by atoms with van der Waals surface area (Å²) in [7, 11) is 0. The average molecular weight is 346 g/mol. The molecule has 2 heterocycles. The maximum absolute atomic E-state index is 10.6. The van der Waals surface area contributed by atoms with Crippen LogP contribution in [0.15, 0.2) is 24.3 Å². The van der Waals surface area contributed by atoms with Crippen molar-refractivity contribution in [3.63, 3.8) is 0 Å². The van der Waals surface area contributed by atoms with Gasteiger partial charge in [0, 0.05) is 48.0 Å². The van der Waals surface area contributed by atoms with Crippen LogP contribution in [0.5, 0.6) is 5.75 Å². The number of anilines is 1. The van der Waals surface area contributed by atoms with Gasteiger partial charge in [0.05, 0.1) is 0 Å². The maximum Gasteiger partial charge on any atom is 0.341 e. The molecular weight excluding hydrogens is 324 g/mol. The molecule has 24 heavy (non-hydrogen) atoms. The van der Waals surface area contributed by atoms with E-state index in [0.717, 1.165) is 25.9 Å². The maximum atomic E-state index is 10.6. The van der Waals surface area contributed by atoms with Crippen molar-refractivity contribution >= 4 is 29.4 Å². The molecule has 0 atom stereocenters. The van der Waals surface area contributed by atoms with Crippen LogP contribution in [0.25, 0.3) is 6.20 Å². The lowest BCUT2D eigenvalue weighted by Gasteiger charge is -2.22. The zero-order valence-electron chi connectivity index (χ0n) is 14.0. The number of allylic oxidation sites excluding steroid dienone is 1. The molecule has 0 fully saturated rings. The van der Waals surface area contributed by atoms with E-state index in [0.29, 0.717) is 5.75 Å². The molecule has 0 unspecified atom stereocenters. The van der Waals surface area contributed by atoms with Crippen molar-refractivity contribution in [1.82, 2.24) is 3.96 Å². The highest BCUT2D eigenvalue weighted by molar-refractivity contribution is 7.08. The number of carboxylic acid groups (broad SMARTS) is 1. The number of carboxylic acids is 1. The minimum Gasteiger partial charge on any atom is -0.482 e. The highest BCUT2D eigenvalue weighted by atomic mass is 32.1. The molecule has 0 bridgehead atoms. The molecule has 3 rings (SSSR count). The summed E-state index contributed by atoms with van der Waals surface area (Å²) < 4.78 is 7.49. The van der Waals surface area contributed by atoms with Crippen LogP contribution < -0.4 is 9.64 Å². The third-order valence-corrected chi connectivity index (χ3v) is 5.56. The molecule has 6 heteroatoms. The summed E-state index contributed by atoms with van der Waals surface area (Å²) in [6.07, 6.45) is 6.19. The van der Waals surface area contributed by atoms with Gasteiger partial charge in [-0.2, -0.15) is 0 Å². The van der Waals surface area contributed by atoms with Gasteiger partial charge in [-0.05, 0) is 31.9 Å². The molecule has 128 valence electrons. The molecule has 0 saturated heterocycles. The summed E-state index contributed by atoms with van der Waals surface area (Å²) in [6.45, 7) is 5.85. The fraction of sp³-hybridized carbons (Fsp3) is 0.389. The Kier molecular flexibility index (Phi) is 4.94. The Hall–Kier alpha value is -2.21. The Morgan fingerprint density at radius 1 is 1.46 bits per heavy atom. The Bertz CT molecular complexity index is 760. The van der Waals surface area contributed by atoms with Crippen molar-refractivity contribution in [2.24, 2.45) is 0 Å². The van der Waals surface area contributed by atoms with Gasteiger partial charge in [0.1, 0.15) is 5.75 Å². The number of ether oxygens (including phenoxy) is 1. The second-order valence-corrected chi connectivity index (χ2v) is 6.94. The lowest BCUT2D eigenvalue weighted by atomic mass is 10.1. The van der Waals surface area contributed by atoms with Crippen LogP contribution in [0.1, 0.15) is 23.1 Å². The minimum atomic E-state index is -0.956. The van der Waals surface area contributed by atoms with Gasteiger partial charge in [-0.1, -0.05) is 23.7 Å². The van der Waals surface area contributed by atoms with Crippen LogP contribution in [-0.4, -0.2) is 34.7 Å². The number of fused-ring (bicyclic) bond motifs is 1. The second-order valence-electron chi connectivity index (χ2n) is 5.87. The monoisotopic (exact) mass is 346 g/mol. The van der Waals surface area contributed by atoms with E-state index in [9.17, 15) is 4.79 Å². The first-order valence-corrected chi connectivity index (χ1v) is 8.88. The fourth-order valence-electron chi connectivity index (χ4n) is 2.97. The molecule has 5 nitrogen and oxygen atoms in total. The first-order valence-electron chi connectivity index (χ1n) is 8.10. The smallest absolute Gasteiger partial charge is 0.341 e. The van der Waals surface area contributed by atoms with Crippen LogP contribution in [-0.2, 0) is 17.6 Å². The van der Waals surface area contributed by atoms with Crippen molar-refractivity contribution in [2.45, 2.75) is 26.7 Å². The van der Waals surface area contributed by atoms with Gasteiger partial charge in [0.15, 0.2) is 6.61 Å². The molecule has 1 aliphatic heterocycles. The number of aromatic nitrogens is 1. The van der Waals surface area contributed by atoms with E-state index < -0.39 is 5.97 Å². The third-order valence-electron chi connectivity index (χ3n) is 4.25. The first kappa shape index (κ1) is 16.6. The van der Waals surface area contributed by atoms with Crippen LogP contribution >= 0.6 is 11.5 Å². The lowest BCUT2D eigenvalue weighted by molar-refractivity contribution is -0.139. The molecule has 1 N–H and O–H groups in total. The highest BCUT2D eigenvalue weighted by Gasteiger charge is 2.20. The zero-order valence-corrected chi connectivity index (χ0v) is 14.8. The molecule has 1 aliphatic rings. The number of rotatable bonds is 7. The Labute approximate surface area is 145 Å². The summed E-state index contributed by atoms with van der Waals surface area (Å²) in [4.78, 5) is 14.4. The number of hydrogen-bond acceptors (Lipinski definition) is 4. The molecule has 1 aromatic carbocycles. The van der Waals surface area contributed by atoms with Gasteiger partial charge in [-0.3, -0.25) is 3.96 Å². The number of carbonyl (C=O) groups is 1. The molecule has 0 saturated carbocycles. The van der Waals surface area contributed by atoms with Crippen molar-refractivity contribution < 1.29 is 14.6 Å². The molecule has 0 spiro atoms. The van der Waals surface area contributed by atoms with Gasteiger partial charge in [0.25, 0.3) is 0 Å². The van der Waals surface area contributed by atoms with E-state index in [2.05, 4.69) is 22.0 Å². The molecule has 0 aliphatic carbocycles. The van der Waals surface area contributed by atoms with E-state index in [1.807, 2.05) is 31.2 Å². The predicted molar refractivity (Wildman–Crippen MR) is 97.2 cm³/mol. The van der Waals surface area contributed by atoms with Crippen LogP contribution in [0.2, 0.25) is 0 Å². The van der Waals surface area contributed by atoms with E-state index in [1.165, 1.54) is 21.8 Å². The summed E-state index contributed by atoms with van der Waals surface area (Å²) in [6, 6.07) is 5.87. The molecule has 0 amide bonds. The van der Waals surface area contributed by atoms with Gasteiger partial charge in [-0.15, -0.1) is 0 Å². The normalized spacial score (nSPS) is 13.7. The largest absolute Gasteiger partial charge is 0.482 e. The van der Waals surface area contributed by atoms with Crippen molar-refractivity contribution in [3.8, 4) is 5.75 Å². The van der Waals surface area contributed by atoms with Gasteiger partial charge < -0.3 is 14.7 Å². The predicted octanol–water partition coefficient (Wildman–Crippen LogP) is 3.42. The number of benzene rings is 1. The average Bonchev–Trinajstić information content (AvgIpc) is 2.97. The number of hydrogen-bond donors (Lipinski definition) is 1. The van der Waals surface area contributed by atoms with Crippen molar-refractivity contribution in [1.29, 1.82) is 0 Å².